The number of nitrogens with one attached hydrogen (secondary N) is 2. The molecular formula is C27H34N2O6. The number of aliphatic carboxylic acids is 1. The molecule has 8 nitrogen and oxygen atoms in total. The van der Waals surface area contributed by atoms with Gasteiger partial charge in [-0.2, -0.15) is 0 Å². The molecule has 0 saturated carbocycles. The Morgan fingerprint density at radius 1 is 1.00 bits per heavy atom. The second kappa shape index (κ2) is 11.4. The van der Waals surface area contributed by atoms with Crippen LogP contribution in [0.5, 0.6) is 0 Å². The molecule has 2 aromatic carbocycles. The molecule has 35 heavy (non-hydrogen) atoms. The van der Waals surface area contributed by atoms with E-state index in [-0.39, 0.29) is 19.1 Å². The molecule has 8 heteroatoms. The van der Waals surface area contributed by atoms with Crippen LogP contribution in [-0.4, -0.2) is 55.0 Å². The van der Waals surface area contributed by atoms with Crippen molar-refractivity contribution in [1.82, 2.24) is 10.6 Å². The number of methoxy groups -OCH3 is 1. The van der Waals surface area contributed by atoms with E-state index in [1.807, 2.05) is 50.2 Å². The van der Waals surface area contributed by atoms with Gasteiger partial charge in [-0.25, -0.2) is 9.59 Å². The zero-order valence-corrected chi connectivity index (χ0v) is 20.7. The maximum atomic E-state index is 13.0. The lowest BCUT2D eigenvalue weighted by Crippen LogP contribution is -2.60. The highest BCUT2D eigenvalue weighted by atomic mass is 16.5. The molecule has 0 aromatic heterocycles. The minimum atomic E-state index is -1.62. The van der Waals surface area contributed by atoms with Crippen molar-refractivity contribution < 1.29 is 29.0 Å². The zero-order chi connectivity index (χ0) is 25.6. The van der Waals surface area contributed by atoms with Gasteiger partial charge in [0.05, 0.1) is 6.61 Å². The highest BCUT2D eigenvalue weighted by Crippen LogP contribution is 2.44. The monoisotopic (exact) mass is 482 g/mol. The molecule has 0 bridgehead atoms. The standard InChI is InChI=1S/C27H34N2O6/c1-17(2)13-14-23(24(30)29-27(3,16-34-4)25(31)32)28-26(33)35-15-22-20-11-7-5-9-18(20)19-10-6-8-12-21(19)22/h5-12,17,22-23H,13-16H2,1-4H3,(H,28,33)(H,29,30)(H,31,32). The summed E-state index contributed by atoms with van der Waals surface area (Å²) >= 11 is 0. The third kappa shape index (κ3) is 6.19. The maximum absolute atomic E-state index is 13.0. The Hall–Kier alpha value is -3.39. The molecule has 188 valence electrons. The first kappa shape index (κ1) is 26.2. The van der Waals surface area contributed by atoms with E-state index >= 15 is 0 Å². The quantitative estimate of drug-likeness (QED) is 0.447. The minimum absolute atomic E-state index is 0.104. The summed E-state index contributed by atoms with van der Waals surface area (Å²) in [5.74, 6) is -1.63. The molecule has 2 aromatic rings. The lowest BCUT2D eigenvalue weighted by molar-refractivity contribution is -0.149. The molecule has 1 aliphatic carbocycles. The van der Waals surface area contributed by atoms with Crippen molar-refractivity contribution in [2.75, 3.05) is 20.3 Å². The molecule has 0 spiro atoms. The number of carboxylic acids is 1. The summed E-state index contributed by atoms with van der Waals surface area (Å²) in [6.07, 6.45) is 0.283. The van der Waals surface area contributed by atoms with E-state index in [1.165, 1.54) is 14.0 Å². The molecule has 1 aliphatic rings. The van der Waals surface area contributed by atoms with Gasteiger partial charge in [-0.3, -0.25) is 4.79 Å². The summed E-state index contributed by atoms with van der Waals surface area (Å²) in [6.45, 7) is 5.29. The highest BCUT2D eigenvalue weighted by molar-refractivity contribution is 5.91. The Balaban J connectivity index is 1.69. The van der Waals surface area contributed by atoms with Crippen LogP contribution in [0.1, 0.15) is 50.7 Å². The number of carbonyl (C=O) groups is 3. The number of ether oxygens (including phenoxy) is 2. The van der Waals surface area contributed by atoms with Crippen molar-refractivity contribution in [3.8, 4) is 11.1 Å². The molecule has 3 rings (SSSR count). The summed E-state index contributed by atoms with van der Waals surface area (Å²) in [5, 5.41) is 14.7. The highest BCUT2D eigenvalue weighted by Gasteiger charge is 2.37. The molecular weight excluding hydrogens is 448 g/mol. The van der Waals surface area contributed by atoms with Gasteiger partial charge in [0.25, 0.3) is 0 Å². The van der Waals surface area contributed by atoms with Crippen LogP contribution >= 0.6 is 0 Å². The molecule has 3 N–H and O–H groups in total. The summed E-state index contributed by atoms with van der Waals surface area (Å²) in [6, 6.07) is 15.1. The number of amides is 2. The van der Waals surface area contributed by atoms with Gasteiger partial charge < -0.3 is 25.2 Å². The van der Waals surface area contributed by atoms with Gasteiger partial charge in [0.2, 0.25) is 5.91 Å². The van der Waals surface area contributed by atoms with E-state index < -0.39 is 29.6 Å². The molecule has 2 atom stereocenters. The second-order valence-electron chi connectivity index (χ2n) is 9.55. The smallest absolute Gasteiger partial charge is 0.407 e. The van der Waals surface area contributed by atoms with Crippen LogP contribution in [0.2, 0.25) is 0 Å². The summed E-state index contributed by atoms with van der Waals surface area (Å²) in [5.41, 5.74) is 2.81. The van der Waals surface area contributed by atoms with Gasteiger partial charge in [0, 0.05) is 13.0 Å². The number of carbonyl (C=O) groups excluding carboxylic acids is 2. The largest absolute Gasteiger partial charge is 0.479 e. The Morgan fingerprint density at radius 3 is 2.09 bits per heavy atom. The van der Waals surface area contributed by atoms with Gasteiger partial charge in [-0.15, -0.1) is 0 Å². The average molecular weight is 483 g/mol. The lowest BCUT2D eigenvalue weighted by Gasteiger charge is -2.28. The first-order chi connectivity index (χ1) is 16.7. The number of hydrogen-bond acceptors (Lipinski definition) is 5. The van der Waals surface area contributed by atoms with Crippen molar-refractivity contribution >= 4 is 18.0 Å². The van der Waals surface area contributed by atoms with Gasteiger partial charge in [0.1, 0.15) is 12.6 Å². The number of hydrogen-bond donors (Lipinski definition) is 3. The van der Waals surface area contributed by atoms with Crippen LogP contribution in [0.15, 0.2) is 48.5 Å². The van der Waals surface area contributed by atoms with E-state index in [4.69, 9.17) is 9.47 Å². The molecule has 0 radical (unpaired) electrons. The van der Waals surface area contributed by atoms with Crippen LogP contribution in [0, 0.1) is 5.92 Å². The molecule has 0 saturated heterocycles. The number of fused-ring (bicyclic) bond motifs is 3. The molecule has 0 fully saturated rings. The van der Waals surface area contributed by atoms with Crippen LogP contribution in [0.4, 0.5) is 4.79 Å². The van der Waals surface area contributed by atoms with Crippen LogP contribution in [0.3, 0.4) is 0 Å². The number of benzene rings is 2. The topological polar surface area (TPSA) is 114 Å². The third-order valence-corrected chi connectivity index (χ3v) is 6.29. The van der Waals surface area contributed by atoms with Crippen molar-refractivity contribution in [3.05, 3.63) is 59.7 Å². The van der Waals surface area contributed by atoms with Gasteiger partial charge in [-0.05, 0) is 47.9 Å². The summed E-state index contributed by atoms with van der Waals surface area (Å²) in [7, 11) is 1.36. The number of alkyl carbamates (subject to hydrolysis) is 1. The molecule has 0 heterocycles. The SMILES string of the molecule is COCC(C)(NC(=O)C(CCC(C)C)NC(=O)OCC1c2ccccc2-c2ccccc21)C(=O)O. The zero-order valence-electron chi connectivity index (χ0n) is 20.7. The predicted octanol–water partition coefficient (Wildman–Crippen LogP) is 3.94. The fourth-order valence-electron chi connectivity index (χ4n) is 4.35. The van der Waals surface area contributed by atoms with E-state index in [0.717, 1.165) is 22.3 Å². The van der Waals surface area contributed by atoms with Crippen molar-refractivity contribution in [2.45, 2.75) is 51.1 Å². The average Bonchev–Trinajstić information content (AvgIpc) is 3.14. The first-order valence-corrected chi connectivity index (χ1v) is 11.8. The Morgan fingerprint density at radius 2 is 1.57 bits per heavy atom. The maximum Gasteiger partial charge on any atom is 0.407 e. The Kier molecular flexibility index (Phi) is 8.51. The third-order valence-electron chi connectivity index (χ3n) is 6.29. The van der Waals surface area contributed by atoms with E-state index in [1.54, 1.807) is 0 Å². The van der Waals surface area contributed by atoms with Crippen molar-refractivity contribution in [1.29, 1.82) is 0 Å². The molecule has 0 aliphatic heterocycles. The summed E-state index contributed by atoms with van der Waals surface area (Å²) < 4.78 is 10.6. The van der Waals surface area contributed by atoms with Gasteiger partial charge in [0.15, 0.2) is 5.54 Å². The molecule has 2 amide bonds. The van der Waals surface area contributed by atoms with Crippen molar-refractivity contribution in [2.24, 2.45) is 5.92 Å². The number of carboxylic acid groups (broad SMARTS) is 1. The first-order valence-electron chi connectivity index (χ1n) is 11.8. The van der Waals surface area contributed by atoms with Gasteiger partial charge in [-0.1, -0.05) is 62.4 Å². The van der Waals surface area contributed by atoms with Gasteiger partial charge >= 0.3 is 12.1 Å². The number of rotatable bonds is 11. The normalized spacial score (nSPS) is 15.0. The Labute approximate surface area is 206 Å². The fraction of sp³-hybridized carbons (Fsp3) is 0.444. The molecule has 2 unspecified atom stereocenters. The minimum Gasteiger partial charge on any atom is -0.479 e. The van der Waals surface area contributed by atoms with E-state index in [2.05, 4.69) is 22.8 Å². The fourth-order valence-corrected chi connectivity index (χ4v) is 4.35. The van der Waals surface area contributed by atoms with Crippen LogP contribution < -0.4 is 10.6 Å². The van der Waals surface area contributed by atoms with E-state index in [9.17, 15) is 19.5 Å². The summed E-state index contributed by atoms with van der Waals surface area (Å²) in [4.78, 5) is 37.4. The second-order valence-corrected chi connectivity index (χ2v) is 9.55. The van der Waals surface area contributed by atoms with E-state index in [0.29, 0.717) is 18.8 Å². The Bertz CT molecular complexity index is 1020. The predicted molar refractivity (Wildman–Crippen MR) is 132 cm³/mol. The van der Waals surface area contributed by atoms with Crippen molar-refractivity contribution in [3.63, 3.8) is 0 Å². The van der Waals surface area contributed by atoms with Crippen LogP contribution in [0.25, 0.3) is 11.1 Å². The lowest BCUT2D eigenvalue weighted by atomic mass is 9.98. The van der Waals surface area contributed by atoms with Crippen LogP contribution in [-0.2, 0) is 19.1 Å².